The summed E-state index contributed by atoms with van der Waals surface area (Å²) in [5.41, 5.74) is 0. The first-order chi connectivity index (χ1) is 7.88. The van der Waals surface area contributed by atoms with Crippen LogP contribution in [-0.2, 0) is 17.6 Å². The fourth-order valence-electron chi connectivity index (χ4n) is 1.91. The normalized spacial score (nSPS) is 17.8. The summed E-state index contributed by atoms with van der Waals surface area (Å²) < 4.78 is 10.6. The van der Waals surface area contributed by atoms with Gasteiger partial charge >= 0.3 is 0 Å². The first kappa shape index (κ1) is 11.5. The Kier molecular flexibility index (Phi) is 4.30. The van der Waals surface area contributed by atoms with Gasteiger partial charge in [-0.2, -0.15) is 4.98 Å². The molecule has 90 valence electrons. The van der Waals surface area contributed by atoms with Gasteiger partial charge in [0.1, 0.15) is 0 Å². The van der Waals surface area contributed by atoms with E-state index >= 15 is 0 Å². The Balaban J connectivity index is 1.81. The average Bonchev–Trinajstić information content (AvgIpc) is 2.75. The molecule has 0 radical (unpaired) electrons. The number of hydrogen-bond acceptors (Lipinski definition) is 5. The summed E-state index contributed by atoms with van der Waals surface area (Å²) in [6.45, 7) is 2.62. The molecule has 1 fully saturated rings. The largest absolute Gasteiger partial charge is 0.381 e. The van der Waals surface area contributed by atoms with Crippen molar-refractivity contribution in [2.75, 3.05) is 26.8 Å². The van der Waals surface area contributed by atoms with Crippen LogP contribution in [0.5, 0.6) is 0 Å². The van der Waals surface area contributed by atoms with Crippen LogP contribution in [0.1, 0.15) is 24.6 Å². The van der Waals surface area contributed by atoms with E-state index < -0.39 is 0 Å². The molecule has 16 heavy (non-hydrogen) atoms. The van der Waals surface area contributed by atoms with Crippen LogP contribution in [0.3, 0.4) is 0 Å². The van der Waals surface area contributed by atoms with E-state index in [0.717, 1.165) is 57.2 Å². The number of ether oxygens (including phenoxy) is 1. The van der Waals surface area contributed by atoms with E-state index in [9.17, 15) is 0 Å². The van der Waals surface area contributed by atoms with Crippen molar-refractivity contribution in [1.29, 1.82) is 0 Å². The Morgan fingerprint density at radius 3 is 2.94 bits per heavy atom. The summed E-state index contributed by atoms with van der Waals surface area (Å²) >= 11 is 0. The van der Waals surface area contributed by atoms with Gasteiger partial charge < -0.3 is 14.6 Å². The van der Waals surface area contributed by atoms with E-state index in [2.05, 4.69) is 15.5 Å². The van der Waals surface area contributed by atoms with Crippen LogP contribution in [0.25, 0.3) is 0 Å². The van der Waals surface area contributed by atoms with Crippen LogP contribution in [0, 0.1) is 5.92 Å². The minimum atomic E-state index is 0.645. The zero-order chi connectivity index (χ0) is 11.2. The van der Waals surface area contributed by atoms with Crippen molar-refractivity contribution in [1.82, 2.24) is 15.5 Å². The summed E-state index contributed by atoms with van der Waals surface area (Å²) in [6.07, 6.45) is 3.94. The number of likely N-dealkylation sites (N-methyl/N-ethyl adjacent to an activating group) is 1. The predicted molar refractivity (Wildman–Crippen MR) is 59.2 cm³/mol. The predicted octanol–water partition coefficient (Wildman–Crippen LogP) is 0.801. The lowest BCUT2D eigenvalue weighted by Gasteiger charge is -2.19. The lowest BCUT2D eigenvalue weighted by atomic mass is 9.97. The van der Waals surface area contributed by atoms with Gasteiger partial charge in [0.05, 0.1) is 0 Å². The molecule has 1 aromatic rings. The summed E-state index contributed by atoms with van der Waals surface area (Å²) in [6, 6.07) is 0. The topological polar surface area (TPSA) is 60.2 Å². The molecule has 5 heteroatoms. The molecule has 2 rings (SSSR count). The molecule has 0 aliphatic carbocycles. The lowest BCUT2D eigenvalue weighted by Crippen LogP contribution is -2.17. The van der Waals surface area contributed by atoms with Gasteiger partial charge in [0.15, 0.2) is 5.82 Å². The first-order valence-corrected chi connectivity index (χ1v) is 5.92. The second-order valence-corrected chi connectivity index (χ2v) is 4.22. The lowest BCUT2D eigenvalue weighted by molar-refractivity contribution is 0.0642. The number of rotatable bonds is 5. The molecule has 0 unspecified atom stereocenters. The number of hydrogen-bond donors (Lipinski definition) is 1. The average molecular weight is 225 g/mol. The van der Waals surface area contributed by atoms with Gasteiger partial charge in [-0.15, -0.1) is 0 Å². The van der Waals surface area contributed by atoms with E-state index in [-0.39, 0.29) is 0 Å². The monoisotopic (exact) mass is 225 g/mol. The molecule has 1 aliphatic heterocycles. The van der Waals surface area contributed by atoms with Gasteiger partial charge in [-0.1, -0.05) is 5.16 Å². The third-order valence-corrected chi connectivity index (χ3v) is 2.91. The summed E-state index contributed by atoms with van der Waals surface area (Å²) in [4.78, 5) is 4.38. The highest BCUT2D eigenvalue weighted by Crippen LogP contribution is 2.18. The van der Waals surface area contributed by atoms with Crippen molar-refractivity contribution < 1.29 is 9.26 Å². The molecule has 0 atom stereocenters. The highest BCUT2D eigenvalue weighted by Gasteiger charge is 2.17. The van der Waals surface area contributed by atoms with Gasteiger partial charge in [-0.25, -0.2) is 0 Å². The van der Waals surface area contributed by atoms with E-state index in [1.54, 1.807) is 0 Å². The number of aromatic nitrogens is 2. The highest BCUT2D eigenvalue weighted by atomic mass is 16.5. The van der Waals surface area contributed by atoms with Crippen LogP contribution in [0.15, 0.2) is 4.52 Å². The molecule has 0 spiro atoms. The minimum Gasteiger partial charge on any atom is -0.381 e. The second kappa shape index (κ2) is 5.96. The Morgan fingerprint density at radius 2 is 2.19 bits per heavy atom. The Morgan fingerprint density at radius 1 is 1.38 bits per heavy atom. The van der Waals surface area contributed by atoms with Crippen LogP contribution in [0.2, 0.25) is 0 Å². The maximum absolute atomic E-state index is 5.32. The van der Waals surface area contributed by atoms with Crippen LogP contribution in [0.4, 0.5) is 0 Å². The second-order valence-electron chi connectivity index (χ2n) is 4.22. The van der Waals surface area contributed by atoms with Crippen LogP contribution >= 0.6 is 0 Å². The minimum absolute atomic E-state index is 0.645. The van der Waals surface area contributed by atoms with E-state index in [1.165, 1.54) is 0 Å². The standard InChI is InChI=1S/C11H19N3O2/c1-12-5-2-10-13-11(16-14-10)8-9-3-6-15-7-4-9/h9,12H,2-8H2,1H3. The highest BCUT2D eigenvalue weighted by molar-refractivity contribution is 4.89. The molecule has 0 bridgehead atoms. The number of nitrogens with zero attached hydrogens (tertiary/aromatic N) is 2. The molecular weight excluding hydrogens is 206 g/mol. The van der Waals surface area contributed by atoms with Gasteiger partial charge in [0.2, 0.25) is 5.89 Å². The molecule has 0 saturated carbocycles. The summed E-state index contributed by atoms with van der Waals surface area (Å²) in [5, 5.41) is 7.03. The molecule has 1 aromatic heterocycles. The zero-order valence-corrected chi connectivity index (χ0v) is 9.74. The fourth-order valence-corrected chi connectivity index (χ4v) is 1.91. The van der Waals surface area contributed by atoms with Crippen LogP contribution in [-0.4, -0.2) is 36.9 Å². The summed E-state index contributed by atoms with van der Waals surface area (Å²) in [5.74, 6) is 2.22. The van der Waals surface area contributed by atoms with E-state index in [0.29, 0.717) is 5.92 Å². The molecule has 0 aromatic carbocycles. The maximum atomic E-state index is 5.32. The molecule has 5 nitrogen and oxygen atoms in total. The molecule has 2 heterocycles. The van der Waals surface area contributed by atoms with Crippen molar-refractivity contribution >= 4 is 0 Å². The fraction of sp³-hybridized carbons (Fsp3) is 0.818. The molecular formula is C11H19N3O2. The van der Waals surface area contributed by atoms with Crippen molar-refractivity contribution in [2.24, 2.45) is 5.92 Å². The Hall–Kier alpha value is -0.940. The van der Waals surface area contributed by atoms with Crippen molar-refractivity contribution in [3.05, 3.63) is 11.7 Å². The van der Waals surface area contributed by atoms with Gasteiger partial charge in [-0.05, 0) is 25.8 Å². The zero-order valence-electron chi connectivity index (χ0n) is 9.74. The van der Waals surface area contributed by atoms with Gasteiger partial charge in [0.25, 0.3) is 0 Å². The van der Waals surface area contributed by atoms with E-state index in [4.69, 9.17) is 9.26 Å². The van der Waals surface area contributed by atoms with Crippen molar-refractivity contribution in [2.45, 2.75) is 25.7 Å². The number of nitrogens with one attached hydrogen (secondary N) is 1. The molecule has 1 saturated heterocycles. The smallest absolute Gasteiger partial charge is 0.226 e. The SMILES string of the molecule is CNCCc1noc(CC2CCOCC2)n1. The summed E-state index contributed by atoms with van der Waals surface area (Å²) in [7, 11) is 1.92. The van der Waals surface area contributed by atoms with Crippen LogP contribution < -0.4 is 5.32 Å². The van der Waals surface area contributed by atoms with Gasteiger partial charge in [0, 0.05) is 32.6 Å². The van der Waals surface area contributed by atoms with Crippen molar-refractivity contribution in [3.8, 4) is 0 Å². The van der Waals surface area contributed by atoms with E-state index in [1.807, 2.05) is 7.05 Å². The Labute approximate surface area is 95.6 Å². The molecule has 0 amide bonds. The maximum Gasteiger partial charge on any atom is 0.226 e. The quantitative estimate of drug-likeness (QED) is 0.803. The first-order valence-electron chi connectivity index (χ1n) is 5.92. The van der Waals surface area contributed by atoms with Gasteiger partial charge in [-0.3, -0.25) is 0 Å². The third-order valence-electron chi connectivity index (χ3n) is 2.91. The third kappa shape index (κ3) is 3.28. The molecule has 1 N–H and O–H groups in total. The Bertz CT molecular complexity index is 308. The molecule has 1 aliphatic rings. The van der Waals surface area contributed by atoms with Crippen molar-refractivity contribution in [3.63, 3.8) is 0 Å².